The van der Waals surface area contributed by atoms with E-state index in [0.717, 1.165) is 38.8 Å². The second-order valence-electron chi connectivity index (χ2n) is 4.24. The van der Waals surface area contributed by atoms with Gasteiger partial charge in [-0.2, -0.15) is 0 Å². The van der Waals surface area contributed by atoms with Crippen molar-refractivity contribution in [2.24, 2.45) is 0 Å². The first-order chi connectivity index (χ1) is 7.24. The van der Waals surface area contributed by atoms with E-state index in [9.17, 15) is 4.79 Å². The summed E-state index contributed by atoms with van der Waals surface area (Å²) in [4.78, 5) is 13.6. The minimum atomic E-state index is 0.248. The molecule has 1 N–H and O–H groups in total. The molecule has 1 fully saturated rings. The standard InChI is InChI=1S/C12H22N2O/c1-3-4-7-11(2)13-10-12(15)14-8-5-6-9-14/h3,11,13H,1,4-10H2,2H3. The highest BCUT2D eigenvalue weighted by Crippen LogP contribution is 2.07. The number of rotatable bonds is 6. The molecule has 0 saturated carbocycles. The fraction of sp³-hybridized carbons (Fsp3) is 0.750. The second-order valence-corrected chi connectivity index (χ2v) is 4.24. The smallest absolute Gasteiger partial charge is 0.236 e. The normalized spacial score (nSPS) is 17.8. The summed E-state index contributed by atoms with van der Waals surface area (Å²) in [5.41, 5.74) is 0. The summed E-state index contributed by atoms with van der Waals surface area (Å²) in [7, 11) is 0. The van der Waals surface area contributed by atoms with Crippen LogP contribution in [-0.4, -0.2) is 36.5 Å². The molecule has 3 heteroatoms. The number of nitrogens with one attached hydrogen (secondary N) is 1. The first-order valence-electron chi connectivity index (χ1n) is 5.86. The number of nitrogens with zero attached hydrogens (tertiary/aromatic N) is 1. The van der Waals surface area contributed by atoms with Crippen molar-refractivity contribution in [1.29, 1.82) is 0 Å². The highest BCUT2D eigenvalue weighted by molar-refractivity contribution is 5.78. The first kappa shape index (κ1) is 12.2. The Kier molecular flexibility index (Phi) is 5.40. The lowest BCUT2D eigenvalue weighted by atomic mass is 10.2. The van der Waals surface area contributed by atoms with Crippen molar-refractivity contribution in [3.63, 3.8) is 0 Å². The number of allylic oxidation sites excluding steroid dienone is 1. The van der Waals surface area contributed by atoms with Crippen molar-refractivity contribution >= 4 is 5.91 Å². The van der Waals surface area contributed by atoms with Crippen LogP contribution in [0.15, 0.2) is 12.7 Å². The minimum absolute atomic E-state index is 0.248. The lowest BCUT2D eigenvalue weighted by Gasteiger charge is -2.18. The molecule has 1 heterocycles. The number of carbonyl (C=O) groups is 1. The van der Waals surface area contributed by atoms with Gasteiger partial charge in [-0.05, 0) is 32.6 Å². The third kappa shape index (κ3) is 4.47. The number of hydrogen-bond donors (Lipinski definition) is 1. The molecule has 15 heavy (non-hydrogen) atoms. The van der Waals surface area contributed by atoms with Gasteiger partial charge in [-0.1, -0.05) is 6.08 Å². The summed E-state index contributed by atoms with van der Waals surface area (Å²) in [5.74, 6) is 0.248. The molecule has 1 amide bonds. The van der Waals surface area contributed by atoms with E-state index in [1.807, 2.05) is 11.0 Å². The van der Waals surface area contributed by atoms with E-state index < -0.39 is 0 Å². The van der Waals surface area contributed by atoms with Crippen LogP contribution in [0, 0.1) is 0 Å². The molecule has 1 aliphatic rings. The molecule has 0 spiro atoms. The summed E-state index contributed by atoms with van der Waals surface area (Å²) >= 11 is 0. The third-order valence-corrected chi connectivity index (χ3v) is 2.86. The Hall–Kier alpha value is -0.830. The molecule has 0 bridgehead atoms. The fourth-order valence-corrected chi connectivity index (χ4v) is 1.81. The van der Waals surface area contributed by atoms with Crippen molar-refractivity contribution in [3.8, 4) is 0 Å². The van der Waals surface area contributed by atoms with E-state index in [0.29, 0.717) is 12.6 Å². The molecule has 0 aliphatic carbocycles. The summed E-state index contributed by atoms with van der Waals surface area (Å²) in [6.07, 6.45) is 6.30. The molecule has 3 nitrogen and oxygen atoms in total. The van der Waals surface area contributed by atoms with Gasteiger partial charge in [0.1, 0.15) is 0 Å². The number of hydrogen-bond acceptors (Lipinski definition) is 2. The lowest BCUT2D eigenvalue weighted by molar-refractivity contribution is -0.129. The molecule has 0 radical (unpaired) electrons. The Labute approximate surface area is 92.5 Å². The van der Waals surface area contributed by atoms with Gasteiger partial charge < -0.3 is 10.2 Å². The van der Waals surface area contributed by atoms with Crippen molar-refractivity contribution in [3.05, 3.63) is 12.7 Å². The highest BCUT2D eigenvalue weighted by atomic mass is 16.2. The SMILES string of the molecule is C=CCCC(C)NCC(=O)N1CCCC1. The van der Waals surface area contributed by atoms with E-state index in [-0.39, 0.29) is 5.91 Å². The molecule has 1 atom stereocenters. The molecule has 1 unspecified atom stereocenters. The molecule has 1 saturated heterocycles. The second kappa shape index (κ2) is 6.62. The average molecular weight is 210 g/mol. The summed E-state index contributed by atoms with van der Waals surface area (Å²) in [5, 5.41) is 3.26. The van der Waals surface area contributed by atoms with Crippen LogP contribution in [-0.2, 0) is 4.79 Å². The van der Waals surface area contributed by atoms with Crippen LogP contribution in [0.4, 0.5) is 0 Å². The zero-order chi connectivity index (χ0) is 11.1. The van der Waals surface area contributed by atoms with E-state index in [1.54, 1.807) is 0 Å². The van der Waals surface area contributed by atoms with Crippen LogP contribution in [0.5, 0.6) is 0 Å². The quantitative estimate of drug-likeness (QED) is 0.675. The molecular weight excluding hydrogens is 188 g/mol. The maximum Gasteiger partial charge on any atom is 0.236 e. The van der Waals surface area contributed by atoms with Gasteiger partial charge in [0.15, 0.2) is 0 Å². The van der Waals surface area contributed by atoms with Gasteiger partial charge in [-0.25, -0.2) is 0 Å². The molecule has 0 aromatic carbocycles. The van der Waals surface area contributed by atoms with Gasteiger partial charge in [0.05, 0.1) is 6.54 Å². The lowest BCUT2D eigenvalue weighted by Crippen LogP contribution is -2.39. The molecule has 1 rings (SSSR count). The molecule has 0 aromatic rings. The van der Waals surface area contributed by atoms with Crippen molar-refractivity contribution in [1.82, 2.24) is 10.2 Å². The van der Waals surface area contributed by atoms with Crippen molar-refractivity contribution < 1.29 is 4.79 Å². The molecular formula is C12H22N2O. The highest BCUT2D eigenvalue weighted by Gasteiger charge is 2.17. The van der Waals surface area contributed by atoms with E-state index in [4.69, 9.17) is 0 Å². The summed E-state index contributed by atoms with van der Waals surface area (Å²) < 4.78 is 0. The van der Waals surface area contributed by atoms with E-state index in [1.165, 1.54) is 0 Å². The van der Waals surface area contributed by atoms with Crippen molar-refractivity contribution in [2.75, 3.05) is 19.6 Å². The Morgan fingerprint density at radius 3 is 2.80 bits per heavy atom. The van der Waals surface area contributed by atoms with Crippen molar-refractivity contribution in [2.45, 2.75) is 38.6 Å². The Morgan fingerprint density at radius 1 is 1.53 bits per heavy atom. The topological polar surface area (TPSA) is 32.3 Å². The Bertz CT molecular complexity index is 210. The van der Waals surface area contributed by atoms with E-state index >= 15 is 0 Å². The number of likely N-dealkylation sites (tertiary alicyclic amines) is 1. The van der Waals surface area contributed by atoms with Gasteiger partial charge in [0.2, 0.25) is 5.91 Å². The maximum atomic E-state index is 11.7. The van der Waals surface area contributed by atoms with Crippen LogP contribution >= 0.6 is 0 Å². The fourth-order valence-electron chi connectivity index (χ4n) is 1.81. The van der Waals surface area contributed by atoms with Gasteiger partial charge in [-0.3, -0.25) is 4.79 Å². The number of carbonyl (C=O) groups excluding carboxylic acids is 1. The van der Waals surface area contributed by atoms with Crippen LogP contribution < -0.4 is 5.32 Å². The van der Waals surface area contributed by atoms with Crippen LogP contribution in [0.1, 0.15) is 32.6 Å². The minimum Gasteiger partial charge on any atom is -0.342 e. The largest absolute Gasteiger partial charge is 0.342 e. The van der Waals surface area contributed by atoms with Crippen LogP contribution in [0.25, 0.3) is 0 Å². The van der Waals surface area contributed by atoms with Gasteiger partial charge in [-0.15, -0.1) is 6.58 Å². The molecule has 1 aliphatic heterocycles. The Balaban J connectivity index is 2.12. The zero-order valence-electron chi connectivity index (χ0n) is 9.67. The first-order valence-corrected chi connectivity index (χ1v) is 5.86. The van der Waals surface area contributed by atoms with Gasteiger partial charge >= 0.3 is 0 Å². The summed E-state index contributed by atoms with van der Waals surface area (Å²) in [6, 6.07) is 0.398. The third-order valence-electron chi connectivity index (χ3n) is 2.86. The average Bonchev–Trinajstić information content (AvgIpc) is 2.76. The van der Waals surface area contributed by atoms with E-state index in [2.05, 4.69) is 18.8 Å². The van der Waals surface area contributed by atoms with Gasteiger partial charge in [0.25, 0.3) is 0 Å². The summed E-state index contributed by atoms with van der Waals surface area (Å²) in [6.45, 7) is 8.18. The molecule has 0 aromatic heterocycles. The number of amides is 1. The predicted octanol–water partition coefficient (Wildman–Crippen LogP) is 1.55. The predicted molar refractivity (Wildman–Crippen MR) is 62.7 cm³/mol. The Morgan fingerprint density at radius 2 is 2.20 bits per heavy atom. The van der Waals surface area contributed by atoms with Crippen LogP contribution in [0.2, 0.25) is 0 Å². The van der Waals surface area contributed by atoms with Gasteiger partial charge in [0, 0.05) is 19.1 Å². The zero-order valence-corrected chi connectivity index (χ0v) is 9.67. The maximum absolute atomic E-state index is 11.7. The monoisotopic (exact) mass is 210 g/mol. The van der Waals surface area contributed by atoms with Crippen LogP contribution in [0.3, 0.4) is 0 Å². The molecule has 86 valence electrons.